The quantitative estimate of drug-likeness (QED) is 0.900. The van der Waals surface area contributed by atoms with Crippen LogP contribution in [0.1, 0.15) is 29.3 Å². The predicted molar refractivity (Wildman–Crippen MR) is 82.7 cm³/mol. The number of thiophene rings is 1. The van der Waals surface area contributed by atoms with Gasteiger partial charge in [-0.25, -0.2) is 4.98 Å². The first-order valence-electron chi connectivity index (χ1n) is 6.18. The summed E-state index contributed by atoms with van der Waals surface area (Å²) >= 11 is 7.17. The van der Waals surface area contributed by atoms with Gasteiger partial charge in [-0.3, -0.25) is 0 Å². The van der Waals surface area contributed by atoms with Gasteiger partial charge < -0.3 is 5.32 Å². The molecule has 0 radical (unpaired) electrons. The molecule has 1 aliphatic rings. The number of nitrogens with zero attached hydrogens (tertiary/aromatic N) is 1. The fourth-order valence-corrected chi connectivity index (χ4v) is 5.12. The van der Waals surface area contributed by atoms with E-state index in [1.165, 1.54) is 43.5 Å². The molecular weight excluding hydrogens is 328 g/mol. The van der Waals surface area contributed by atoms with E-state index < -0.39 is 0 Å². The van der Waals surface area contributed by atoms with Crippen LogP contribution in [0.25, 0.3) is 9.88 Å². The third kappa shape index (κ3) is 2.41. The number of nitrogens with one attached hydrogen (secondary N) is 1. The van der Waals surface area contributed by atoms with Crippen molar-refractivity contribution in [3.05, 3.63) is 26.5 Å². The molecule has 0 spiro atoms. The van der Waals surface area contributed by atoms with Gasteiger partial charge in [-0.05, 0) is 54.4 Å². The highest BCUT2D eigenvalue weighted by Gasteiger charge is 2.24. The summed E-state index contributed by atoms with van der Waals surface area (Å²) in [5, 5.41) is 4.48. The van der Waals surface area contributed by atoms with Crippen molar-refractivity contribution in [3.8, 4) is 9.88 Å². The second-order valence-corrected chi connectivity index (χ2v) is 8.12. The Morgan fingerprint density at radius 3 is 3.06 bits per heavy atom. The Morgan fingerprint density at radius 2 is 2.33 bits per heavy atom. The van der Waals surface area contributed by atoms with Crippen molar-refractivity contribution in [2.45, 2.75) is 25.2 Å². The maximum absolute atomic E-state index is 4.90. The van der Waals surface area contributed by atoms with Crippen molar-refractivity contribution in [2.75, 3.05) is 13.6 Å². The van der Waals surface area contributed by atoms with Crippen molar-refractivity contribution in [3.63, 3.8) is 0 Å². The predicted octanol–water partition coefficient (Wildman–Crippen LogP) is 4.27. The van der Waals surface area contributed by atoms with Gasteiger partial charge in [0.2, 0.25) is 0 Å². The second kappa shape index (κ2) is 5.41. The molecule has 0 saturated heterocycles. The molecule has 0 amide bonds. The molecule has 2 aromatic heterocycles. The minimum absolute atomic E-state index is 0.604. The van der Waals surface area contributed by atoms with Crippen LogP contribution in [0.5, 0.6) is 0 Å². The lowest BCUT2D eigenvalue weighted by molar-refractivity contribution is 0.523. The zero-order chi connectivity index (χ0) is 12.5. The van der Waals surface area contributed by atoms with Crippen molar-refractivity contribution in [1.82, 2.24) is 10.3 Å². The molecule has 2 heterocycles. The molecule has 0 aliphatic heterocycles. The van der Waals surface area contributed by atoms with Gasteiger partial charge in [0.1, 0.15) is 5.01 Å². The normalized spacial score (nSPS) is 18.9. The van der Waals surface area contributed by atoms with E-state index in [9.17, 15) is 0 Å². The molecular formula is C13H15BrN2S2. The minimum atomic E-state index is 0.604. The lowest BCUT2D eigenvalue weighted by atomic mass is 9.91. The molecule has 1 unspecified atom stereocenters. The monoisotopic (exact) mass is 342 g/mol. The smallest absolute Gasteiger partial charge is 0.133 e. The van der Waals surface area contributed by atoms with Crippen LogP contribution in [0, 0.1) is 0 Å². The summed E-state index contributed by atoms with van der Waals surface area (Å²) in [5.41, 5.74) is 1.35. The van der Waals surface area contributed by atoms with Gasteiger partial charge in [-0.1, -0.05) is 0 Å². The molecule has 0 fully saturated rings. The van der Waals surface area contributed by atoms with Gasteiger partial charge in [-0.15, -0.1) is 22.7 Å². The Kier molecular flexibility index (Phi) is 3.84. The van der Waals surface area contributed by atoms with Crippen LogP contribution in [-0.4, -0.2) is 18.6 Å². The van der Waals surface area contributed by atoms with Crippen LogP contribution < -0.4 is 5.32 Å². The van der Waals surface area contributed by atoms with E-state index in [1.807, 2.05) is 18.4 Å². The highest BCUT2D eigenvalue weighted by Crippen LogP contribution is 2.40. The van der Waals surface area contributed by atoms with E-state index >= 15 is 0 Å². The van der Waals surface area contributed by atoms with E-state index in [-0.39, 0.29) is 0 Å². The Hall–Kier alpha value is -0.230. The molecule has 3 rings (SSSR count). The van der Waals surface area contributed by atoms with Crippen LogP contribution in [-0.2, 0) is 6.42 Å². The number of fused-ring (bicyclic) bond motifs is 1. The summed E-state index contributed by atoms with van der Waals surface area (Å²) in [4.78, 5) is 7.69. The van der Waals surface area contributed by atoms with Gasteiger partial charge in [0.15, 0.2) is 0 Å². The van der Waals surface area contributed by atoms with Crippen LogP contribution in [0.4, 0.5) is 0 Å². The first-order chi connectivity index (χ1) is 8.78. The number of halogens is 1. The molecule has 96 valence electrons. The molecule has 18 heavy (non-hydrogen) atoms. The van der Waals surface area contributed by atoms with E-state index in [0.29, 0.717) is 5.92 Å². The summed E-state index contributed by atoms with van der Waals surface area (Å²) in [7, 11) is 2.03. The van der Waals surface area contributed by atoms with Crippen LogP contribution in [0.2, 0.25) is 0 Å². The summed E-state index contributed by atoms with van der Waals surface area (Å²) in [6, 6.07) is 4.26. The Bertz CT molecular complexity index is 547. The number of hydrogen-bond acceptors (Lipinski definition) is 4. The largest absolute Gasteiger partial charge is 0.319 e. The van der Waals surface area contributed by atoms with Crippen LogP contribution in [0.15, 0.2) is 15.9 Å². The molecule has 0 bridgehead atoms. The zero-order valence-corrected chi connectivity index (χ0v) is 13.4. The third-order valence-corrected chi connectivity index (χ3v) is 6.23. The first-order valence-corrected chi connectivity index (χ1v) is 8.60. The van der Waals surface area contributed by atoms with Gasteiger partial charge in [0.25, 0.3) is 0 Å². The molecule has 0 aromatic carbocycles. The average Bonchev–Trinajstić information content (AvgIpc) is 2.95. The molecule has 1 atom stereocenters. The summed E-state index contributed by atoms with van der Waals surface area (Å²) in [6.45, 7) is 1.05. The van der Waals surface area contributed by atoms with E-state index in [0.717, 1.165) is 6.54 Å². The van der Waals surface area contributed by atoms with Crippen molar-refractivity contribution in [2.24, 2.45) is 0 Å². The van der Waals surface area contributed by atoms with Crippen molar-refractivity contribution < 1.29 is 0 Å². The fourth-order valence-electron chi connectivity index (χ4n) is 2.49. The van der Waals surface area contributed by atoms with Crippen molar-refractivity contribution >= 4 is 38.6 Å². The number of hydrogen-bond donors (Lipinski definition) is 1. The van der Waals surface area contributed by atoms with E-state index in [1.54, 1.807) is 11.3 Å². The SMILES string of the molecule is CNCC1CCCc2sc(-c3ccc(Br)s3)nc21. The van der Waals surface area contributed by atoms with Gasteiger partial charge >= 0.3 is 0 Å². The lowest BCUT2D eigenvalue weighted by Crippen LogP contribution is -2.20. The first kappa shape index (κ1) is 12.8. The average molecular weight is 343 g/mol. The van der Waals surface area contributed by atoms with E-state index in [4.69, 9.17) is 4.98 Å². The van der Waals surface area contributed by atoms with Crippen LogP contribution >= 0.6 is 38.6 Å². The minimum Gasteiger partial charge on any atom is -0.319 e. The number of thiazole rings is 1. The Morgan fingerprint density at radius 1 is 1.44 bits per heavy atom. The molecule has 1 N–H and O–H groups in total. The Labute approximate surface area is 124 Å². The Balaban J connectivity index is 1.95. The molecule has 2 nitrogen and oxygen atoms in total. The van der Waals surface area contributed by atoms with Gasteiger partial charge in [0, 0.05) is 17.3 Å². The maximum atomic E-state index is 4.90. The number of rotatable bonds is 3. The van der Waals surface area contributed by atoms with Gasteiger partial charge in [0.05, 0.1) is 14.4 Å². The summed E-state index contributed by atoms with van der Waals surface area (Å²) in [6.07, 6.45) is 3.78. The topological polar surface area (TPSA) is 24.9 Å². The van der Waals surface area contributed by atoms with Crippen LogP contribution in [0.3, 0.4) is 0 Å². The molecule has 0 saturated carbocycles. The molecule has 1 aliphatic carbocycles. The third-order valence-electron chi connectivity index (χ3n) is 3.31. The summed E-state index contributed by atoms with van der Waals surface area (Å²) < 4.78 is 1.18. The second-order valence-electron chi connectivity index (χ2n) is 4.58. The molecule has 5 heteroatoms. The van der Waals surface area contributed by atoms with Gasteiger partial charge in [-0.2, -0.15) is 0 Å². The number of aryl methyl sites for hydroxylation is 1. The fraction of sp³-hybridized carbons (Fsp3) is 0.462. The summed E-state index contributed by atoms with van der Waals surface area (Å²) in [5.74, 6) is 0.604. The van der Waals surface area contributed by atoms with Crippen molar-refractivity contribution in [1.29, 1.82) is 0 Å². The molecule has 2 aromatic rings. The lowest BCUT2D eigenvalue weighted by Gasteiger charge is -2.20. The highest BCUT2D eigenvalue weighted by molar-refractivity contribution is 9.11. The maximum Gasteiger partial charge on any atom is 0.133 e. The zero-order valence-electron chi connectivity index (χ0n) is 10.2. The number of aromatic nitrogens is 1. The number of likely N-dealkylation sites (N-methyl/N-ethyl adjacent to an activating group) is 1. The highest BCUT2D eigenvalue weighted by atomic mass is 79.9. The van der Waals surface area contributed by atoms with E-state index in [2.05, 4.69) is 33.4 Å². The standard InChI is InChI=1S/C13H15BrN2S2/c1-15-7-8-3-2-4-9-12(8)16-13(18-9)10-5-6-11(14)17-10/h5-6,8,15H,2-4,7H2,1H3.